The number of aliphatic hydroxyl groups excluding tert-OH is 1. The summed E-state index contributed by atoms with van der Waals surface area (Å²) < 4.78 is 0. The van der Waals surface area contributed by atoms with Crippen molar-refractivity contribution in [2.45, 2.75) is 6.10 Å². The Labute approximate surface area is 95.9 Å². The van der Waals surface area contributed by atoms with E-state index in [1.807, 2.05) is 0 Å². The van der Waals surface area contributed by atoms with E-state index in [1.165, 1.54) is 18.3 Å². The van der Waals surface area contributed by atoms with Crippen LogP contribution in [-0.2, 0) is 4.79 Å². The van der Waals surface area contributed by atoms with Crippen molar-refractivity contribution in [3.05, 3.63) is 29.0 Å². The highest BCUT2D eigenvalue weighted by molar-refractivity contribution is 6.30. The molecule has 6 nitrogen and oxygen atoms in total. The summed E-state index contributed by atoms with van der Waals surface area (Å²) in [6.07, 6.45) is -0.284. The molecule has 1 heterocycles. The van der Waals surface area contributed by atoms with Gasteiger partial charge in [0, 0.05) is 11.2 Å². The number of hydrogen-bond donors (Lipinski definition) is 3. The number of halogens is 1. The number of aliphatic carboxylic acids is 1. The van der Waals surface area contributed by atoms with Crippen molar-refractivity contribution in [1.29, 1.82) is 0 Å². The lowest BCUT2D eigenvalue weighted by molar-refractivity contribution is -0.146. The van der Waals surface area contributed by atoms with Crippen LogP contribution in [0.1, 0.15) is 10.5 Å². The number of amides is 1. The number of pyridine rings is 1. The van der Waals surface area contributed by atoms with Crippen molar-refractivity contribution >= 4 is 23.5 Å². The zero-order valence-corrected chi connectivity index (χ0v) is 8.81. The number of hydrogen-bond acceptors (Lipinski definition) is 4. The number of carboxylic acid groups (broad SMARTS) is 1. The molecule has 3 N–H and O–H groups in total. The summed E-state index contributed by atoms with van der Waals surface area (Å²) >= 11 is 5.64. The van der Waals surface area contributed by atoms with Crippen LogP contribution < -0.4 is 5.32 Å². The Hall–Kier alpha value is -1.66. The van der Waals surface area contributed by atoms with Crippen LogP contribution in [0, 0.1) is 0 Å². The fourth-order valence-electron chi connectivity index (χ4n) is 0.896. The van der Waals surface area contributed by atoms with Crippen LogP contribution in [0.25, 0.3) is 0 Å². The van der Waals surface area contributed by atoms with Gasteiger partial charge in [-0.05, 0) is 12.1 Å². The Morgan fingerprint density at radius 1 is 1.56 bits per heavy atom. The smallest absolute Gasteiger partial charge is 0.334 e. The average molecular weight is 245 g/mol. The molecule has 16 heavy (non-hydrogen) atoms. The van der Waals surface area contributed by atoms with Gasteiger partial charge in [0.1, 0.15) is 5.69 Å². The van der Waals surface area contributed by atoms with Gasteiger partial charge < -0.3 is 15.5 Å². The molecule has 0 fully saturated rings. The number of nitrogens with zero attached hydrogens (tertiary/aromatic N) is 1. The molecule has 1 rings (SSSR count). The van der Waals surface area contributed by atoms with Crippen molar-refractivity contribution in [3.63, 3.8) is 0 Å². The third-order valence-electron chi connectivity index (χ3n) is 1.70. The molecule has 1 amide bonds. The molecule has 86 valence electrons. The summed E-state index contributed by atoms with van der Waals surface area (Å²) in [6, 6.07) is 2.84. The molecule has 0 aromatic carbocycles. The molecule has 0 aliphatic rings. The van der Waals surface area contributed by atoms with E-state index in [0.29, 0.717) is 5.02 Å². The molecule has 1 aromatic rings. The number of nitrogens with one attached hydrogen (secondary N) is 1. The second kappa shape index (κ2) is 5.43. The van der Waals surface area contributed by atoms with Crippen molar-refractivity contribution in [3.8, 4) is 0 Å². The summed E-state index contributed by atoms with van der Waals surface area (Å²) in [5.74, 6) is -2.00. The lowest BCUT2D eigenvalue weighted by Gasteiger charge is -2.07. The second-order valence-corrected chi connectivity index (χ2v) is 3.36. The van der Waals surface area contributed by atoms with Gasteiger partial charge in [0.25, 0.3) is 5.91 Å². The van der Waals surface area contributed by atoms with Gasteiger partial charge in [-0.25, -0.2) is 4.79 Å². The fraction of sp³-hybridized carbons (Fsp3) is 0.222. The maximum Gasteiger partial charge on any atom is 0.334 e. The first-order valence-electron chi connectivity index (χ1n) is 4.31. The third-order valence-corrected chi connectivity index (χ3v) is 1.93. The molecule has 0 radical (unpaired) electrons. The first-order valence-corrected chi connectivity index (χ1v) is 4.69. The van der Waals surface area contributed by atoms with Gasteiger partial charge in [-0.15, -0.1) is 0 Å². The van der Waals surface area contributed by atoms with Gasteiger partial charge in [-0.3, -0.25) is 9.78 Å². The largest absolute Gasteiger partial charge is 0.479 e. The zero-order chi connectivity index (χ0) is 12.1. The minimum Gasteiger partial charge on any atom is -0.479 e. The average Bonchev–Trinajstić information content (AvgIpc) is 2.25. The van der Waals surface area contributed by atoms with Crippen LogP contribution in [0.15, 0.2) is 18.3 Å². The van der Waals surface area contributed by atoms with Gasteiger partial charge in [-0.1, -0.05) is 11.6 Å². The minimum atomic E-state index is -1.64. The molecule has 0 unspecified atom stereocenters. The standard InChI is InChI=1S/C9H9ClN2O4/c10-5-1-2-11-6(3-5)8(14)12-4-7(13)9(15)16/h1-3,7,13H,4H2,(H,12,14)(H,15,16)/t7-/m0/s1. The van der Waals surface area contributed by atoms with E-state index < -0.39 is 18.0 Å². The van der Waals surface area contributed by atoms with Gasteiger partial charge in [0.2, 0.25) is 0 Å². The molecule has 7 heteroatoms. The number of rotatable bonds is 4. The second-order valence-electron chi connectivity index (χ2n) is 2.92. The Bertz CT molecular complexity index is 410. The van der Waals surface area contributed by atoms with Gasteiger partial charge >= 0.3 is 5.97 Å². The van der Waals surface area contributed by atoms with Crippen LogP contribution in [-0.4, -0.2) is 39.7 Å². The van der Waals surface area contributed by atoms with Crippen LogP contribution in [0.3, 0.4) is 0 Å². The van der Waals surface area contributed by atoms with Crippen molar-refractivity contribution in [2.75, 3.05) is 6.54 Å². The number of carboxylic acids is 1. The van der Waals surface area contributed by atoms with E-state index in [0.717, 1.165) is 0 Å². The van der Waals surface area contributed by atoms with E-state index in [2.05, 4.69) is 10.3 Å². The Morgan fingerprint density at radius 3 is 2.81 bits per heavy atom. The Morgan fingerprint density at radius 2 is 2.25 bits per heavy atom. The SMILES string of the molecule is O=C(NC[C@H](O)C(=O)O)c1cc(Cl)ccn1. The minimum absolute atomic E-state index is 0.0603. The van der Waals surface area contributed by atoms with E-state index in [9.17, 15) is 9.59 Å². The van der Waals surface area contributed by atoms with Crippen LogP contribution in [0.2, 0.25) is 5.02 Å². The molecule has 1 aromatic heterocycles. The summed E-state index contributed by atoms with van der Waals surface area (Å²) in [5.41, 5.74) is 0.0603. The Balaban J connectivity index is 2.56. The molecule has 0 saturated carbocycles. The molecule has 0 bridgehead atoms. The summed E-state index contributed by atoms with van der Waals surface area (Å²) in [6.45, 7) is -0.387. The normalized spacial score (nSPS) is 11.9. The van der Waals surface area contributed by atoms with E-state index in [4.69, 9.17) is 21.8 Å². The molecule has 0 saturated heterocycles. The number of carbonyl (C=O) groups excluding carboxylic acids is 1. The maximum atomic E-state index is 11.4. The summed E-state index contributed by atoms with van der Waals surface area (Å²) in [5, 5.41) is 19.9. The first kappa shape index (κ1) is 12.4. The quantitative estimate of drug-likeness (QED) is 0.687. The lowest BCUT2D eigenvalue weighted by Crippen LogP contribution is -2.36. The van der Waals surface area contributed by atoms with Gasteiger partial charge in [0.05, 0.1) is 6.54 Å². The first-order chi connectivity index (χ1) is 7.50. The van der Waals surface area contributed by atoms with Crippen LogP contribution in [0.5, 0.6) is 0 Å². The number of aromatic nitrogens is 1. The van der Waals surface area contributed by atoms with Crippen molar-refractivity contribution in [2.24, 2.45) is 0 Å². The molecular weight excluding hydrogens is 236 g/mol. The lowest BCUT2D eigenvalue weighted by atomic mass is 10.3. The zero-order valence-electron chi connectivity index (χ0n) is 8.05. The number of aliphatic hydroxyl groups is 1. The fourth-order valence-corrected chi connectivity index (χ4v) is 1.06. The molecular formula is C9H9ClN2O4. The topological polar surface area (TPSA) is 99.5 Å². The Kier molecular flexibility index (Phi) is 4.21. The third kappa shape index (κ3) is 3.48. The molecule has 0 spiro atoms. The number of carbonyl (C=O) groups is 2. The van der Waals surface area contributed by atoms with Crippen molar-refractivity contribution in [1.82, 2.24) is 10.3 Å². The van der Waals surface area contributed by atoms with Crippen LogP contribution >= 0.6 is 11.6 Å². The molecule has 0 aliphatic heterocycles. The van der Waals surface area contributed by atoms with E-state index >= 15 is 0 Å². The van der Waals surface area contributed by atoms with Gasteiger partial charge in [-0.2, -0.15) is 0 Å². The van der Waals surface area contributed by atoms with Crippen LogP contribution in [0.4, 0.5) is 0 Å². The van der Waals surface area contributed by atoms with E-state index in [-0.39, 0.29) is 12.2 Å². The van der Waals surface area contributed by atoms with Crippen molar-refractivity contribution < 1.29 is 19.8 Å². The van der Waals surface area contributed by atoms with E-state index in [1.54, 1.807) is 0 Å². The predicted molar refractivity (Wildman–Crippen MR) is 55.2 cm³/mol. The molecule has 1 atom stereocenters. The predicted octanol–water partition coefficient (Wildman–Crippen LogP) is -0.0897. The highest BCUT2D eigenvalue weighted by Crippen LogP contribution is 2.07. The monoisotopic (exact) mass is 244 g/mol. The summed E-state index contributed by atoms with van der Waals surface area (Å²) in [4.78, 5) is 25.4. The highest BCUT2D eigenvalue weighted by atomic mass is 35.5. The highest BCUT2D eigenvalue weighted by Gasteiger charge is 2.15. The van der Waals surface area contributed by atoms with Gasteiger partial charge in [0.15, 0.2) is 6.10 Å². The maximum absolute atomic E-state index is 11.4. The summed E-state index contributed by atoms with van der Waals surface area (Å²) in [7, 11) is 0. The molecule has 0 aliphatic carbocycles.